The van der Waals surface area contributed by atoms with E-state index in [9.17, 15) is 34.1 Å². The van der Waals surface area contributed by atoms with Crippen molar-refractivity contribution in [1.29, 1.82) is 0 Å². The molecule has 0 heterocycles. The number of amides is 1. The van der Waals surface area contributed by atoms with E-state index >= 15 is 0 Å². The first-order valence-electron chi connectivity index (χ1n) is 24.0. The summed E-state index contributed by atoms with van der Waals surface area (Å²) in [6, 6.07) is -1.56. The first-order valence-corrected chi connectivity index (χ1v) is 25.5. The largest absolute Gasteiger partial charge is 0.480 e. The number of carbonyl (C=O) groups is 3. The predicted molar refractivity (Wildman–Crippen MR) is 254 cm³/mol. The van der Waals surface area contributed by atoms with Crippen LogP contribution in [0.5, 0.6) is 0 Å². The molecule has 0 saturated carbocycles. The Morgan fingerprint density at radius 3 is 1.40 bits per heavy atom. The highest BCUT2D eigenvalue weighted by molar-refractivity contribution is 7.47. The molecule has 12 heteroatoms. The first-order chi connectivity index (χ1) is 30.1. The van der Waals surface area contributed by atoms with Gasteiger partial charge in [0.05, 0.1) is 13.2 Å². The van der Waals surface area contributed by atoms with Crippen LogP contribution in [0.1, 0.15) is 194 Å². The maximum Gasteiger partial charge on any atom is 0.472 e. The molecular weight excluding hydrogens is 806 g/mol. The van der Waals surface area contributed by atoms with Gasteiger partial charge >= 0.3 is 19.8 Å². The summed E-state index contributed by atoms with van der Waals surface area (Å²) in [6.07, 6.45) is 53.4. The van der Waals surface area contributed by atoms with Crippen molar-refractivity contribution in [2.24, 2.45) is 0 Å². The van der Waals surface area contributed by atoms with Crippen LogP contribution in [0.2, 0.25) is 0 Å². The number of aliphatic hydroxyl groups excluding tert-OH is 1. The molecule has 0 fully saturated rings. The Labute approximate surface area is 376 Å². The summed E-state index contributed by atoms with van der Waals surface area (Å²) in [5, 5.41) is 21.9. The van der Waals surface area contributed by atoms with E-state index in [1.807, 2.05) is 0 Å². The molecule has 1 amide bonds. The Hall–Kier alpha value is -3.08. The van der Waals surface area contributed by atoms with Crippen molar-refractivity contribution in [3.8, 4) is 0 Å². The van der Waals surface area contributed by atoms with Crippen LogP contribution in [0, 0.1) is 0 Å². The highest BCUT2D eigenvalue weighted by atomic mass is 31.2. The van der Waals surface area contributed by atoms with Gasteiger partial charge in [0.15, 0.2) is 6.04 Å². The Morgan fingerprint density at radius 1 is 0.532 bits per heavy atom. The van der Waals surface area contributed by atoms with E-state index in [0.717, 1.165) is 103 Å². The molecule has 0 aliphatic carbocycles. The molecule has 0 bridgehead atoms. The molecule has 0 radical (unpaired) electrons. The van der Waals surface area contributed by atoms with Gasteiger partial charge in [0.1, 0.15) is 12.7 Å². The number of ether oxygens (including phenoxy) is 1. The van der Waals surface area contributed by atoms with Gasteiger partial charge in [-0.2, -0.15) is 0 Å². The minimum atomic E-state index is -4.77. The molecule has 3 atom stereocenters. The summed E-state index contributed by atoms with van der Waals surface area (Å²) in [7, 11) is -4.77. The highest BCUT2D eigenvalue weighted by Crippen LogP contribution is 2.43. The third-order valence-electron chi connectivity index (χ3n) is 9.98. The SMILES string of the molecule is CC/C=C\C/C=C\C/C=C\CCCCCCCCCC(=O)NC(COP(=O)(O)OCC(O)COC(=O)CCCCCCCCCC/C=C\C/C=C\C/C=C\CCCCC)C(=O)O. The van der Waals surface area contributed by atoms with Crippen molar-refractivity contribution >= 4 is 25.7 Å². The van der Waals surface area contributed by atoms with Gasteiger partial charge in [0.25, 0.3) is 0 Å². The summed E-state index contributed by atoms with van der Waals surface area (Å²) < 4.78 is 26.9. The van der Waals surface area contributed by atoms with Crippen molar-refractivity contribution in [2.45, 2.75) is 206 Å². The number of rotatable bonds is 44. The van der Waals surface area contributed by atoms with Crippen molar-refractivity contribution < 1.29 is 47.8 Å². The van der Waals surface area contributed by atoms with E-state index in [1.165, 1.54) is 51.4 Å². The van der Waals surface area contributed by atoms with Gasteiger partial charge in [0.2, 0.25) is 5.91 Å². The third kappa shape index (κ3) is 43.6. The number of carbonyl (C=O) groups excluding carboxylic acids is 2. The average molecular weight is 892 g/mol. The van der Waals surface area contributed by atoms with Gasteiger partial charge in [-0.1, -0.05) is 170 Å². The molecule has 356 valence electrons. The lowest BCUT2D eigenvalue weighted by Crippen LogP contribution is -2.43. The zero-order chi connectivity index (χ0) is 45.6. The zero-order valence-electron chi connectivity index (χ0n) is 38.6. The molecule has 4 N–H and O–H groups in total. The van der Waals surface area contributed by atoms with E-state index in [-0.39, 0.29) is 12.8 Å². The molecule has 0 saturated heterocycles. The van der Waals surface area contributed by atoms with E-state index in [4.69, 9.17) is 13.8 Å². The van der Waals surface area contributed by atoms with E-state index in [2.05, 4.69) is 92.1 Å². The smallest absolute Gasteiger partial charge is 0.472 e. The Kier molecular flexibility index (Phi) is 42.3. The van der Waals surface area contributed by atoms with Crippen molar-refractivity contribution in [1.82, 2.24) is 5.32 Å². The second-order valence-corrected chi connectivity index (χ2v) is 17.4. The van der Waals surface area contributed by atoms with Gasteiger partial charge in [0, 0.05) is 12.8 Å². The van der Waals surface area contributed by atoms with Crippen molar-refractivity contribution in [3.63, 3.8) is 0 Å². The summed E-state index contributed by atoms with van der Waals surface area (Å²) in [6.45, 7) is 2.44. The summed E-state index contributed by atoms with van der Waals surface area (Å²) in [4.78, 5) is 46.0. The lowest BCUT2D eigenvalue weighted by atomic mass is 10.1. The van der Waals surface area contributed by atoms with E-state index in [0.29, 0.717) is 12.8 Å². The normalized spacial score (nSPS) is 14.3. The fourth-order valence-electron chi connectivity index (χ4n) is 6.28. The number of phosphoric ester groups is 1. The third-order valence-corrected chi connectivity index (χ3v) is 10.9. The number of esters is 1. The Bertz CT molecular complexity index is 1320. The molecule has 0 aromatic carbocycles. The predicted octanol–water partition coefficient (Wildman–Crippen LogP) is 12.9. The Morgan fingerprint density at radius 2 is 0.935 bits per heavy atom. The lowest BCUT2D eigenvalue weighted by molar-refractivity contribution is -0.147. The van der Waals surface area contributed by atoms with Crippen LogP contribution in [0.3, 0.4) is 0 Å². The monoisotopic (exact) mass is 892 g/mol. The number of carboxylic acid groups (broad SMARTS) is 1. The minimum Gasteiger partial charge on any atom is -0.480 e. The lowest BCUT2D eigenvalue weighted by Gasteiger charge is -2.18. The number of nitrogens with one attached hydrogen (secondary N) is 1. The molecule has 0 aliphatic heterocycles. The topological polar surface area (TPSA) is 169 Å². The van der Waals surface area contributed by atoms with Crippen LogP contribution in [-0.4, -0.2) is 64.9 Å². The fraction of sp³-hybridized carbons (Fsp3) is 0.700. The van der Waals surface area contributed by atoms with Crippen molar-refractivity contribution in [2.75, 3.05) is 19.8 Å². The van der Waals surface area contributed by atoms with Crippen LogP contribution >= 0.6 is 7.82 Å². The maximum atomic E-state index is 12.3. The summed E-state index contributed by atoms with van der Waals surface area (Å²) in [5.41, 5.74) is 0. The second-order valence-electron chi connectivity index (χ2n) is 15.9. The molecule has 0 rings (SSSR count). The van der Waals surface area contributed by atoms with Crippen LogP contribution in [0.4, 0.5) is 0 Å². The minimum absolute atomic E-state index is 0.131. The Balaban J connectivity index is 3.89. The number of aliphatic hydroxyl groups is 1. The molecule has 0 aromatic heterocycles. The van der Waals surface area contributed by atoms with E-state index < -0.39 is 57.6 Å². The van der Waals surface area contributed by atoms with Crippen molar-refractivity contribution in [3.05, 3.63) is 72.9 Å². The molecule has 11 nitrogen and oxygen atoms in total. The second kappa shape index (κ2) is 44.5. The number of carboxylic acids is 1. The quantitative estimate of drug-likeness (QED) is 0.0200. The number of hydrogen-bond donors (Lipinski definition) is 4. The van der Waals surface area contributed by atoms with Crippen LogP contribution < -0.4 is 5.32 Å². The molecule has 62 heavy (non-hydrogen) atoms. The number of allylic oxidation sites excluding steroid dienone is 12. The molecule has 0 aromatic rings. The molecule has 0 spiro atoms. The highest BCUT2D eigenvalue weighted by Gasteiger charge is 2.28. The number of hydrogen-bond acceptors (Lipinski definition) is 8. The van der Waals surface area contributed by atoms with Gasteiger partial charge in [-0.15, -0.1) is 0 Å². The molecule has 3 unspecified atom stereocenters. The summed E-state index contributed by atoms with van der Waals surface area (Å²) in [5.74, 6) is -2.40. The van der Waals surface area contributed by atoms with Gasteiger partial charge < -0.3 is 25.2 Å². The van der Waals surface area contributed by atoms with Gasteiger partial charge in [-0.25, -0.2) is 9.36 Å². The first kappa shape index (κ1) is 58.9. The average Bonchev–Trinajstić information content (AvgIpc) is 3.25. The molecule has 0 aliphatic rings. The molecular formula is C50H86NO10P. The van der Waals surface area contributed by atoms with Crippen LogP contribution in [-0.2, 0) is 32.7 Å². The van der Waals surface area contributed by atoms with Gasteiger partial charge in [-0.05, 0) is 83.5 Å². The standard InChI is InChI=1S/C50H86NO10P/c1-3-5-7-9-11-13-15-17-19-21-22-23-24-26-28-30-32-34-36-38-40-42-49(54)59-43-46(52)44-60-62(57,58)61-45-47(50(55)56)51-48(53)41-39-37-35-33-31-29-27-25-20-18-16-14-12-10-8-6-4-2/h6,8,11-14,17-20,22-23,46-47,52H,3-5,7,9-10,15-16,21,24-45H2,1-2H3,(H,51,53)(H,55,56)(H,57,58)/b8-6-,13-11-,14-12-,19-17-,20-18-,23-22-. The number of aliphatic carboxylic acids is 1. The number of phosphoric acid groups is 1. The summed E-state index contributed by atoms with van der Waals surface area (Å²) >= 11 is 0. The van der Waals surface area contributed by atoms with Gasteiger partial charge in [-0.3, -0.25) is 18.6 Å². The van der Waals surface area contributed by atoms with E-state index in [1.54, 1.807) is 0 Å². The maximum absolute atomic E-state index is 12.3. The van der Waals surface area contributed by atoms with Crippen LogP contribution in [0.15, 0.2) is 72.9 Å². The zero-order valence-corrected chi connectivity index (χ0v) is 39.5. The fourth-order valence-corrected chi connectivity index (χ4v) is 7.05. The van der Waals surface area contributed by atoms with Crippen LogP contribution in [0.25, 0.3) is 0 Å². The number of unbranched alkanes of at least 4 members (excludes halogenated alkanes) is 18.